The highest BCUT2D eigenvalue weighted by Gasteiger charge is 2.13. The van der Waals surface area contributed by atoms with Gasteiger partial charge in [0.2, 0.25) is 10.0 Å². The Morgan fingerprint density at radius 2 is 1.78 bits per heavy atom. The number of amides is 1. The van der Waals surface area contributed by atoms with Crippen molar-refractivity contribution in [1.82, 2.24) is 0 Å². The Morgan fingerprint density at radius 3 is 2.35 bits per heavy atom. The Kier molecular flexibility index (Phi) is 5.33. The third-order valence-corrected chi connectivity index (χ3v) is 4.74. The SMILES string of the molecule is Cc1cc(NC(=O)c2ccc(NS(C)(=O)=O)cc2Cl)ccc1Br. The third-order valence-electron chi connectivity index (χ3n) is 2.93. The van der Waals surface area contributed by atoms with Crippen molar-refractivity contribution in [3.63, 3.8) is 0 Å². The molecule has 0 aliphatic carbocycles. The highest BCUT2D eigenvalue weighted by atomic mass is 79.9. The first-order valence-electron chi connectivity index (χ1n) is 6.50. The van der Waals surface area contributed by atoms with Crippen LogP contribution in [0.2, 0.25) is 5.02 Å². The van der Waals surface area contributed by atoms with Gasteiger partial charge in [-0.15, -0.1) is 0 Å². The molecule has 122 valence electrons. The van der Waals surface area contributed by atoms with E-state index in [2.05, 4.69) is 26.0 Å². The van der Waals surface area contributed by atoms with Gasteiger partial charge in [-0.25, -0.2) is 8.42 Å². The Hall–Kier alpha value is -1.57. The molecular weight excluding hydrogens is 404 g/mol. The summed E-state index contributed by atoms with van der Waals surface area (Å²) in [5, 5.41) is 2.91. The van der Waals surface area contributed by atoms with Crippen LogP contribution in [0.15, 0.2) is 40.9 Å². The summed E-state index contributed by atoms with van der Waals surface area (Å²) < 4.78 is 25.6. The average Bonchev–Trinajstić information content (AvgIpc) is 2.41. The molecule has 0 saturated heterocycles. The summed E-state index contributed by atoms with van der Waals surface area (Å²) in [6.07, 6.45) is 1.04. The van der Waals surface area contributed by atoms with Crippen molar-refractivity contribution in [2.75, 3.05) is 16.3 Å². The summed E-state index contributed by atoms with van der Waals surface area (Å²) in [4.78, 5) is 12.3. The zero-order chi connectivity index (χ0) is 17.2. The topological polar surface area (TPSA) is 75.3 Å². The molecule has 0 unspecified atom stereocenters. The first-order valence-corrected chi connectivity index (χ1v) is 9.57. The van der Waals surface area contributed by atoms with E-state index < -0.39 is 10.0 Å². The molecule has 0 fully saturated rings. The van der Waals surface area contributed by atoms with Crippen LogP contribution in [-0.2, 0) is 10.0 Å². The van der Waals surface area contributed by atoms with Gasteiger partial charge < -0.3 is 5.32 Å². The van der Waals surface area contributed by atoms with Crippen molar-refractivity contribution in [2.45, 2.75) is 6.92 Å². The van der Waals surface area contributed by atoms with Gasteiger partial charge in [0.15, 0.2) is 0 Å². The van der Waals surface area contributed by atoms with Crippen molar-refractivity contribution in [2.24, 2.45) is 0 Å². The highest BCUT2D eigenvalue weighted by molar-refractivity contribution is 9.10. The van der Waals surface area contributed by atoms with Gasteiger partial charge in [0.05, 0.1) is 16.8 Å². The van der Waals surface area contributed by atoms with Crippen molar-refractivity contribution < 1.29 is 13.2 Å². The van der Waals surface area contributed by atoms with E-state index in [0.717, 1.165) is 16.3 Å². The van der Waals surface area contributed by atoms with Gasteiger partial charge in [0, 0.05) is 15.8 Å². The lowest BCUT2D eigenvalue weighted by Gasteiger charge is -2.10. The molecule has 0 aromatic heterocycles. The number of anilines is 2. The summed E-state index contributed by atoms with van der Waals surface area (Å²) in [5.74, 6) is -0.373. The van der Waals surface area contributed by atoms with E-state index in [-0.39, 0.29) is 16.5 Å². The second-order valence-electron chi connectivity index (χ2n) is 4.99. The van der Waals surface area contributed by atoms with Crippen LogP contribution >= 0.6 is 27.5 Å². The van der Waals surface area contributed by atoms with Crippen LogP contribution in [0.3, 0.4) is 0 Å². The molecule has 2 aromatic rings. The molecule has 2 rings (SSSR count). The van der Waals surface area contributed by atoms with E-state index in [1.807, 2.05) is 19.1 Å². The van der Waals surface area contributed by atoms with Crippen LogP contribution in [0.4, 0.5) is 11.4 Å². The van der Waals surface area contributed by atoms with Crippen molar-refractivity contribution in [3.8, 4) is 0 Å². The predicted molar refractivity (Wildman–Crippen MR) is 96.8 cm³/mol. The monoisotopic (exact) mass is 416 g/mol. The average molecular weight is 418 g/mol. The molecule has 0 heterocycles. The third kappa shape index (κ3) is 4.95. The van der Waals surface area contributed by atoms with Gasteiger partial charge in [-0.05, 0) is 48.9 Å². The van der Waals surface area contributed by atoms with Gasteiger partial charge in [0.1, 0.15) is 0 Å². The summed E-state index contributed by atoms with van der Waals surface area (Å²) >= 11 is 9.47. The first-order chi connectivity index (χ1) is 10.7. The van der Waals surface area contributed by atoms with E-state index in [4.69, 9.17) is 11.6 Å². The summed E-state index contributed by atoms with van der Waals surface area (Å²) in [5.41, 5.74) is 2.19. The number of hydrogen-bond acceptors (Lipinski definition) is 3. The number of carbonyl (C=O) groups is 1. The minimum atomic E-state index is -3.40. The van der Waals surface area contributed by atoms with Gasteiger partial charge in [-0.3, -0.25) is 9.52 Å². The van der Waals surface area contributed by atoms with Crippen LogP contribution in [0.5, 0.6) is 0 Å². The maximum absolute atomic E-state index is 12.3. The smallest absolute Gasteiger partial charge is 0.257 e. The number of hydrogen-bond donors (Lipinski definition) is 2. The fraction of sp³-hybridized carbons (Fsp3) is 0.133. The lowest BCUT2D eigenvalue weighted by Crippen LogP contribution is -2.13. The van der Waals surface area contributed by atoms with Crippen LogP contribution in [0, 0.1) is 6.92 Å². The minimum Gasteiger partial charge on any atom is -0.322 e. The molecule has 23 heavy (non-hydrogen) atoms. The highest BCUT2D eigenvalue weighted by Crippen LogP contribution is 2.24. The van der Waals surface area contributed by atoms with Crippen LogP contribution in [0.1, 0.15) is 15.9 Å². The molecular formula is C15H14BrClN2O3S. The number of benzene rings is 2. The molecule has 5 nitrogen and oxygen atoms in total. The molecule has 0 bridgehead atoms. The molecule has 1 amide bonds. The second-order valence-corrected chi connectivity index (χ2v) is 8.00. The quantitative estimate of drug-likeness (QED) is 0.788. The standard InChI is InChI=1S/C15H14BrClN2O3S/c1-9-7-10(4-6-13(9)16)18-15(20)12-5-3-11(8-14(12)17)19-23(2,21)22/h3-8,19H,1-2H3,(H,18,20). The molecule has 0 saturated carbocycles. The Labute approximate surface area is 148 Å². The number of rotatable bonds is 4. The summed E-state index contributed by atoms with van der Waals surface area (Å²) in [6, 6.07) is 9.78. The molecule has 2 N–H and O–H groups in total. The van der Waals surface area contributed by atoms with Gasteiger partial charge in [-0.2, -0.15) is 0 Å². The van der Waals surface area contributed by atoms with E-state index in [1.165, 1.54) is 18.2 Å². The van der Waals surface area contributed by atoms with E-state index >= 15 is 0 Å². The lowest BCUT2D eigenvalue weighted by atomic mass is 10.1. The number of halogens is 2. The molecule has 0 atom stereocenters. The van der Waals surface area contributed by atoms with Crippen molar-refractivity contribution >= 4 is 54.8 Å². The zero-order valence-corrected chi connectivity index (χ0v) is 15.5. The zero-order valence-electron chi connectivity index (χ0n) is 12.4. The molecule has 8 heteroatoms. The Balaban J connectivity index is 2.20. The van der Waals surface area contributed by atoms with E-state index in [1.54, 1.807) is 6.07 Å². The predicted octanol–water partition coefficient (Wildman–Crippen LogP) is 4.03. The Morgan fingerprint density at radius 1 is 1.13 bits per heavy atom. The summed E-state index contributed by atoms with van der Waals surface area (Å²) in [7, 11) is -3.40. The molecule has 0 aliphatic heterocycles. The van der Waals surface area contributed by atoms with Gasteiger partial charge in [-0.1, -0.05) is 27.5 Å². The molecule has 0 spiro atoms. The van der Waals surface area contributed by atoms with E-state index in [0.29, 0.717) is 11.4 Å². The molecule has 0 radical (unpaired) electrons. The lowest BCUT2D eigenvalue weighted by molar-refractivity contribution is 0.102. The number of sulfonamides is 1. The first kappa shape index (κ1) is 17.8. The van der Waals surface area contributed by atoms with Crippen LogP contribution < -0.4 is 10.0 Å². The van der Waals surface area contributed by atoms with Crippen LogP contribution in [-0.4, -0.2) is 20.6 Å². The maximum atomic E-state index is 12.3. The second kappa shape index (κ2) is 6.90. The van der Waals surface area contributed by atoms with Crippen molar-refractivity contribution in [3.05, 3.63) is 57.0 Å². The fourth-order valence-electron chi connectivity index (χ4n) is 1.90. The summed E-state index contributed by atoms with van der Waals surface area (Å²) in [6.45, 7) is 1.92. The van der Waals surface area contributed by atoms with Crippen molar-refractivity contribution in [1.29, 1.82) is 0 Å². The Bertz CT molecular complexity index is 869. The molecule has 2 aromatic carbocycles. The minimum absolute atomic E-state index is 0.157. The number of carbonyl (C=O) groups excluding carboxylic acids is 1. The normalized spacial score (nSPS) is 11.1. The maximum Gasteiger partial charge on any atom is 0.257 e. The largest absolute Gasteiger partial charge is 0.322 e. The van der Waals surface area contributed by atoms with Gasteiger partial charge >= 0.3 is 0 Å². The van der Waals surface area contributed by atoms with E-state index in [9.17, 15) is 13.2 Å². The number of nitrogens with one attached hydrogen (secondary N) is 2. The van der Waals surface area contributed by atoms with Gasteiger partial charge in [0.25, 0.3) is 5.91 Å². The fourth-order valence-corrected chi connectivity index (χ4v) is 2.97. The number of aryl methyl sites for hydroxylation is 1. The molecule has 0 aliphatic rings. The van der Waals surface area contributed by atoms with Crippen LogP contribution in [0.25, 0.3) is 0 Å².